The van der Waals surface area contributed by atoms with Crippen LogP contribution >= 0.6 is 0 Å². The van der Waals surface area contributed by atoms with Crippen LogP contribution in [-0.4, -0.2) is 0 Å². The largest absolute Gasteiger partial charge is 0.0619 e. The van der Waals surface area contributed by atoms with E-state index in [0.717, 1.165) is 23.2 Å². The minimum atomic E-state index is 0.902. The molecule has 3 rings (SSSR count). The van der Waals surface area contributed by atoms with Gasteiger partial charge >= 0.3 is 0 Å². The third-order valence-electron chi connectivity index (χ3n) is 5.47. The molecule has 0 bridgehead atoms. The fraction of sp³-hybridized carbons (Fsp3) is 1.00. The van der Waals surface area contributed by atoms with Crippen LogP contribution < -0.4 is 0 Å². The average Bonchev–Trinajstić information content (AvgIpc) is 2.20. The highest BCUT2D eigenvalue weighted by molar-refractivity contribution is 5.16. The molecule has 0 aromatic carbocycles. The number of hydrogen-bond donors (Lipinski definition) is 0. The SMILES string of the molecule is CC1[C@@H](C)C2CCC3CCC312. The molecule has 0 aromatic rings. The molecular weight excluding hydrogens is 132 g/mol. The van der Waals surface area contributed by atoms with E-state index >= 15 is 0 Å². The van der Waals surface area contributed by atoms with E-state index in [-0.39, 0.29) is 0 Å². The lowest BCUT2D eigenvalue weighted by atomic mass is 9.40. The van der Waals surface area contributed by atoms with Gasteiger partial charge in [-0.3, -0.25) is 0 Å². The molecule has 3 saturated carbocycles. The standard InChI is InChI=1S/C11H18/c1-7-8(2)11-6-5-9(11)3-4-10(7)11/h7-10H,3-6H2,1-2H3/t7-,8?,9?,10?,11?/m1/s1. The normalized spacial score (nSPS) is 66.0. The molecule has 0 aromatic heterocycles. The van der Waals surface area contributed by atoms with Crippen molar-refractivity contribution in [3.05, 3.63) is 0 Å². The fourth-order valence-corrected chi connectivity index (χ4v) is 4.64. The molecule has 5 atom stereocenters. The molecule has 3 aliphatic carbocycles. The molecular formula is C11H18. The zero-order valence-corrected chi connectivity index (χ0v) is 7.64. The monoisotopic (exact) mass is 150 g/mol. The minimum absolute atomic E-state index is 0.902. The fourth-order valence-electron chi connectivity index (χ4n) is 4.64. The lowest BCUT2D eigenvalue weighted by Crippen LogP contribution is -2.59. The molecule has 0 aliphatic heterocycles. The zero-order valence-electron chi connectivity index (χ0n) is 7.64. The molecule has 0 heteroatoms. The van der Waals surface area contributed by atoms with E-state index in [0.29, 0.717) is 0 Å². The molecule has 0 N–H and O–H groups in total. The molecule has 0 nitrogen and oxygen atoms in total. The summed E-state index contributed by atoms with van der Waals surface area (Å²) in [5.74, 6) is 4.43. The summed E-state index contributed by atoms with van der Waals surface area (Å²) in [6.45, 7) is 4.97. The summed E-state index contributed by atoms with van der Waals surface area (Å²) in [6.07, 6.45) is 6.27. The third kappa shape index (κ3) is 0.467. The second kappa shape index (κ2) is 1.67. The van der Waals surface area contributed by atoms with E-state index in [1.54, 1.807) is 25.7 Å². The molecule has 4 unspecified atom stereocenters. The van der Waals surface area contributed by atoms with Gasteiger partial charge in [-0.1, -0.05) is 13.8 Å². The average molecular weight is 150 g/mol. The maximum atomic E-state index is 2.50. The van der Waals surface area contributed by atoms with Gasteiger partial charge in [0.15, 0.2) is 0 Å². The third-order valence-corrected chi connectivity index (χ3v) is 5.47. The van der Waals surface area contributed by atoms with Gasteiger partial charge in [-0.05, 0) is 54.8 Å². The van der Waals surface area contributed by atoms with Crippen LogP contribution in [0.25, 0.3) is 0 Å². The Morgan fingerprint density at radius 2 is 1.91 bits per heavy atom. The van der Waals surface area contributed by atoms with Gasteiger partial charge in [-0.2, -0.15) is 0 Å². The molecule has 0 amide bonds. The second-order valence-electron chi connectivity index (χ2n) is 5.18. The van der Waals surface area contributed by atoms with E-state index in [9.17, 15) is 0 Å². The number of hydrogen-bond acceptors (Lipinski definition) is 0. The van der Waals surface area contributed by atoms with Crippen molar-refractivity contribution in [2.45, 2.75) is 39.5 Å². The summed E-state index contributed by atoms with van der Waals surface area (Å²) in [7, 11) is 0. The van der Waals surface area contributed by atoms with Gasteiger partial charge in [0.1, 0.15) is 0 Å². The van der Waals surface area contributed by atoms with Crippen molar-refractivity contribution in [1.29, 1.82) is 0 Å². The first-order chi connectivity index (χ1) is 5.27. The van der Waals surface area contributed by atoms with Crippen LogP contribution in [0.2, 0.25) is 0 Å². The van der Waals surface area contributed by atoms with Gasteiger partial charge in [0.25, 0.3) is 0 Å². The Morgan fingerprint density at radius 3 is 2.45 bits per heavy atom. The predicted octanol–water partition coefficient (Wildman–Crippen LogP) is 3.08. The summed E-state index contributed by atoms with van der Waals surface area (Å²) in [5, 5.41) is 0. The van der Waals surface area contributed by atoms with Crippen LogP contribution in [0.15, 0.2) is 0 Å². The Bertz CT molecular complexity index is 196. The smallest absolute Gasteiger partial charge is 0.0210 e. The molecule has 62 valence electrons. The first-order valence-corrected chi connectivity index (χ1v) is 5.27. The van der Waals surface area contributed by atoms with E-state index in [1.165, 1.54) is 5.92 Å². The highest BCUT2D eigenvalue weighted by Gasteiger charge is 2.67. The Kier molecular flexibility index (Phi) is 0.990. The van der Waals surface area contributed by atoms with Crippen LogP contribution in [0.1, 0.15) is 39.5 Å². The van der Waals surface area contributed by atoms with Gasteiger partial charge in [0.05, 0.1) is 0 Å². The molecule has 0 radical (unpaired) electrons. The second-order valence-corrected chi connectivity index (χ2v) is 5.18. The molecule has 3 aliphatic rings. The molecule has 3 fully saturated rings. The van der Waals surface area contributed by atoms with Crippen molar-refractivity contribution >= 4 is 0 Å². The van der Waals surface area contributed by atoms with E-state index in [2.05, 4.69) is 13.8 Å². The van der Waals surface area contributed by atoms with Crippen molar-refractivity contribution in [3.63, 3.8) is 0 Å². The highest BCUT2D eigenvalue weighted by Crippen LogP contribution is 2.74. The van der Waals surface area contributed by atoms with Crippen molar-refractivity contribution in [3.8, 4) is 0 Å². The highest BCUT2D eigenvalue weighted by atomic mass is 14.7. The van der Waals surface area contributed by atoms with Crippen LogP contribution in [0.3, 0.4) is 0 Å². The lowest BCUT2D eigenvalue weighted by Gasteiger charge is -2.65. The molecule has 1 spiro atoms. The van der Waals surface area contributed by atoms with Crippen LogP contribution in [0.4, 0.5) is 0 Å². The molecule has 0 saturated heterocycles. The van der Waals surface area contributed by atoms with Crippen molar-refractivity contribution in [1.82, 2.24) is 0 Å². The quantitative estimate of drug-likeness (QED) is 0.498. The summed E-state index contributed by atoms with van der Waals surface area (Å²) >= 11 is 0. The maximum Gasteiger partial charge on any atom is -0.0210 e. The summed E-state index contributed by atoms with van der Waals surface area (Å²) in [5.41, 5.74) is 0.902. The summed E-state index contributed by atoms with van der Waals surface area (Å²) < 4.78 is 0. The van der Waals surface area contributed by atoms with Crippen LogP contribution in [-0.2, 0) is 0 Å². The zero-order chi connectivity index (χ0) is 7.64. The number of rotatable bonds is 0. The first kappa shape index (κ1) is 6.51. The minimum Gasteiger partial charge on any atom is -0.0619 e. The topological polar surface area (TPSA) is 0 Å². The first-order valence-electron chi connectivity index (χ1n) is 5.27. The molecule has 0 heterocycles. The molecule has 11 heavy (non-hydrogen) atoms. The maximum absolute atomic E-state index is 2.50. The summed E-state index contributed by atoms with van der Waals surface area (Å²) in [4.78, 5) is 0. The van der Waals surface area contributed by atoms with E-state index in [4.69, 9.17) is 0 Å². The Balaban J connectivity index is 1.95. The van der Waals surface area contributed by atoms with Crippen molar-refractivity contribution in [2.75, 3.05) is 0 Å². The van der Waals surface area contributed by atoms with E-state index in [1.807, 2.05) is 0 Å². The van der Waals surface area contributed by atoms with Gasteiger partial charge < -0.3 is 0 Å². The van der Waals surface area contributed by atoms with Gasteiger partial charge in [-0.15, -0.1) is 0 Å². The van der Waals surface area contributed by atoms with Crippen molar-refractivity contribution in [2.24, 2.45) is 29.1 Å². The van der Waals surface area contributed by atoms with Crippen molar-refractivity contribution < 1.29 is 0 Å². The van der Waals surface area contributed by atoms with Gasteiger partial charge in [-0.25, -0.2) is 0 Å². The Hall–Kier alpha value is 0. The Labute approximate surface area is 69.4 Å². The predicted molar refractivity (Wildman–Crippen MR) is 46.2 cm³/mol. The Morgan fingerprint density at radius 1 is 1.09 bits per heavy atom. The summed E-state index contributed by atoms with van der Waals surface area (Å²) in [6, 6.07) is 0. The van der Waals surface area contributed by atoms with Crippen LogP contribution in [0, 0.1) is 29.1 Å². The van der Waals surface area contributed by atoms with Gasteiger partial charge in [0, 0.05) is 0 Å². The van der Waals surface area contributed by atoms with E-state index < -0.39 is 0 Å². The van der Waals surface area contributed by atoms with Crippen LogP contribution in [0.5, 0.6) is 0 Å². The lowest BCUT2D eigenvalue weighted by molar-refractivity contribution is -0.167. The van der Waals surface area contributed by atoms with Gasteiger partial charge in [0.2, 0.25) is 0 Å².